The molecule has 0 unspecified atom stereocenters. The minimum atomic E-state index is -0.0224. The van der Waals surface area contributed by atoms with Crippen molar-refractivity contribution in [2.45, 2.75) is 6.10 Å². The van der Waals surface area contributed by atoms with Crippen LogP contribution in [0.3, 0.4) is 0 Å². The summed E-state index contributed by atoms with van der Waals surface area (Å²) in [5.74, 6) is 1.56. The Labute approximate surface area is 96.5 Å². The lowest BCUT2D eigenvalue weighted by molar-refractivity contribution is 0.102. The van der Waals surface area contributed by atoms with E-state index in [2.05, 4.69) is 5.32 Å². The quantitative estimate of drug-likeness (QED) is 0.798. The Hall–Kier alpha value is -1.26. The second kappa shape index (κ2) is 6.35. The van der Waals surface area contributed by atoms with E-state index in [-0.39, 0.29) is 6.10 Å². The number of hydrogen-bond donors (Lipinski definition) is 1. The van der Waals surface area contributed by atoms with Gasteiger partial charge in [-0.05, 0) is 19.2 Å². The van der Waals surface area contributed by atoms with E-state index in [1.807, 2.05) is 25.2 Å². The Morgan fingerprint density at radius 2 is 1.94 bits per heavy atom. The van der Waals surface area contributed by atoms with E-state index in [0.29, 0.717) is 0 Å². The van der Waals surface area contributed by atoms with Crippen LogP contribution in [-0.4, -0.2) is 34.9 Å². The molecule has 0 aromatic heterocycles. The van der Waals surface area contributed by atoms with Gasteiger partial charge in [-0.3, -0.25) is 0 Å². The van der Waals surface area contributed by atoms with E-state index < -0.39 is 0 Å². The van der Waals surface area contributed by atoms with Crippen molar-refractivity contribution in [3.8, 4) is 11.5 Å². The van der Waals surface area contributed by atoms with Gasteiger partial charge in [-0.25, -0.2) is 0 Å². The molecule has 0 bridgehead atoms. The first-order chi connectivity index (χ1) is 7.76. The van der Waals surface area contributed by atoms with Gasteiger partial charge in [0, 0.05) is 25.3 Å². The zero-order valence-electron chi connectivity index (χ0n) is 10.2. The van der Waals surface area contributed by atoms with Crippen molar-refractivity contribution in [1.82, 2.24) is 5.32 Å². The smallest absolute Gasteiger partial charge is 0.128 e. The first-order valence-electron chi connectivity index (χ1n) is 5.16. The van der Waals surface area contributed by atoms with Gasteiger partial charge in [0.2, 0.25) is 0 Å². The summed E-state index contributed by atoms with van der Waals surface area (Å²) in [4.78, 5) is 0. The number of ether oxygens (including phenoxy) is 3. The predicted octanol–water partition coefficient (Wildman–Crippen LogP) is 1.61. The molecule has 0 saturated heterocycles. The van der Waals surface area contributed by atoms with Crippen molar-refractivity contribution < 1.29 is 14.2 Å². The Morgan fingerprint density at radius 1 is 1.19 bits per heavy atom. The second-order valence-corrected chi connectivity index (χ2v) is 3.39. The molecule has 0 heterocycles. The minimum Gasteiger partial charge on any atom is -0.497 e. The third kappa shape index (κ3) is 2.87. The van der Waals surface area contributed by atoms with Gasteiger partial charge in [-0.1, -0.05) is 0 Å². The molecule has 1 aromatic carbocycles. The molecule has 4 heteroatoms. The fourth-order valence-electron chi connectivity index (χ4n) is 1.59. The summed E-state index contributed by atoms with van der Waals surface area (Å²) in [6.07, 6.45) is -0.0224. The van der Waals surface area contributed by atoms with Crippen LogP contribution in [0.2, 0.25) is 0 Å². The largest absolute Gasteiger partial charge is 0.497 e. The summed E-state index contributed by atoms with van der Waals surface area (Å²) < 4.78 is 15.9. The van der Waals surface area contributed by atoms with Crippen LogP contribution >= 0.6 is 0 Å². The monoisotopic (exact) mass is 225 g/mol. The zero-order chi connectivity index (χ0) is 12.0. The summed E-state index contributed by atoms with van der Waals surface area (Å²) in [5, 5.41) is 3.09. The first kappa shape index (κ1) is 12.8. The number of hydrogen-bond acceptors (Lipinski definition) is 4. The van der Waals surface area contributed by atoms with Crippen LogP contribution in [0.25, 0.3) is 0 Å². The standard InChI is InChI=1S/C12H19NO3/c1-13-8-12(16-4)10-6-5-9(14-2)7-11(10)15-3/h5-7,12-13H,8H2,1-4H3/t12-/m0/s1. The molecular weight excluding hydrogens is 206 g/mol. The van der Waals surface area contributed by atoms with Crippen LogP contribution in [0.5, 0.6) is 11.5 Å². The second-order valence-electron chi connectivity index (χ2n) is 3.39. The van der Waals surface area contributed by atoms with Crippen molar-refractivity contribution in [2.75, 3.05) is 34.9 Å². The average molecular weight is 225 g/mol. The number of rotatable bonds is 6. The summed E-state index contributed by atoms with van der Waals surface area (Å²) in [6, 6.07) is 5.72. The highest BCUT2D eigenvalue weighted by Crippen LogP contribution is 2.30. The van der Waals surface area contributed by atoms with Crippen LogP contribution in [0.15, 0.2) is 18.2 Å². The highest BCUT2D eigenvalue weighted by molar-refractivity contribution is 5.42. The van der Waals surface area contributed by atoms with E-state index >= 15 is 0 Å². The van der Waals surface area contributed by atoms with Crippen molar-refractivity contribution in [2.24, 2.45) is 0 Å². The molecular formula is C12H19NO3. The third-order valence-corrected chi connectivity index (χ3v) is 2.46. The lowest BCUT2D eigenvalue weighted by Crippen LogP contribution is -2.19. The molecule has 4 nitrogen and oxygen atoms in total. The number of methoxy groups -OCH3 is 3. The van der Waals surface area contributed by atoms with Gasteiger partial charge in [-0.15, -0.1) is 0 Å². The van der Waals surface area contributed by atoms with Crippen molar-refractivity contribution in [3.05, 3.63) is 23.8 Å². The molecule has 0 radical (unpaired) electrons. The molecule has 0 spiro atoms. The zero-order valence-corrected chi connectivity index (χ0v) is 10.2. The summed E-state index contributed by atoms with van der Waals surface area (Å²) >= 11 is 0. The number of likely N-dealkylation sites (N-methyl/N-ethyl adjacent to an activating group) is 1. The van der Waals surface area contributed by atoms with Gasteiger partial charge in [-0.2, -0.15) is 0 Å². The Morgan fingerprint density at radius 3 is 2.44 bits per heavy atom. The van der Waals surface area contributed by atoms with Crippen molar-refractivity contribution >= 4 is 0 Å². The molecule has 0 aliphatic carbocycles. The van der Waals surface area contributed by atoms with Gasteiger partial charge in [0.1, 0.15) is 11.5 Å². The molecule has 0 saturated carbocycles. The predicted molar refractivity (Wildman–Crippen MR) is 63.2 cm³/mol. The van der Waals surface area contributed by atoms with Crippen molar-refractivity contribution in [3.63, 3.8) is 0 Å². The van der Waals surface area contributed by atoms with Gasteiger partial charge in [0.05, 0.1) is 20.3 Å². The molecule has 1 N–H and O–H groups in total. The van der Waals surface area contributed by atoms with E-state index in [1.54, 1.807) is 21.3 Å². The maximum atomic E-state index is 5.41. The van der Waals surface area contributed by atoms with Gasteiger partial charge in [0.25, 0.3) is 0 Å². The summed E-state index contributed by atoms with van der Waals surface area (Å²) in [7, 11) is 6.86. The Kier molecular flexibility index (Phi) is 5.08. The lowest BCUT2D eigenvalue weighted by Gasteiger charge is -2.18. The topological polar surface area (TPSA) is 39.7 Å². The highest BCUT2D eigenvalue weighted by atomic mass is 16.5. The molecule has 1 atom stereocenters. The summed E-state index contributed by atoms with van der Waals surface area (Å²) in [6.45, 7) is 0.735. The Balaban J connectivity index is 3.01. The van der Waals surface area contributed by atoms with Gasteiger partial charge >= 0.3 is 0 Å². The number of nitrogens with one attached hydrogen (secondary N) is 1. The molecule has 0 amide bonds. The minimum absolute atomic E-state index is 0.0224. The molecule has 0 fully saturated rings. The molecule has 16 heavy (non-hydrogen) atoms. The van der Waals surface area contributed by atoms with E-state index in [4.69, 9.17) is 14.2 Å². The molecule has 1 aromatic rings. The van der Waals surface area contributed by atoms with Gasteiger partial charge < -0.3 is 19.5 Å². The third-order valence-electron chi connectivity index (χ3n) is 2.46. The molecule has 90 valence electrons. The van der Waals surface area contributed by atoms with Gasteiger partial charge in [0.15, 0.2) is 0 Å². The molecule has 1 rings (SSSR count). The van der Waals surface area contributed by atoms with Crippen LogP contribution in [0, 0.1) is 0 Å². The van der Waals surface area contributed by atoms with Crippen LogP contribution in [-0.2, 0) is 4.74 Å². The average Bonchev–Trinajstić information content (AvgIpc) is 2.35. The Bertz CT molecular complexity index is 328. The fourth-order valence-corrected chi connectivity index (χ4v) is 1.59. The lowest BCUT2D eigenvalue weighted by atomic mass is 10.1. The summed E-state index contributed by atoms with van der Waals surface area (Å²) in [5.41, 5.74) is 1.01. The maximum Gasteiger partial charge on any atom is 0.128 e. The molecule has 0 aliphatic rings. The maximum absolute atomic E-state index is 5.41. The van der Waals surface area contributed by atoms with E-state index in [1.165, 1.54) is 0 Å². The van der Waals surface area contributed by atoms with Crippen LogP contribution in [0.1, 0.15) is 11.7 Å². The van der Waals surface area contributed by atoms with E-state index in [9.17, 15) is 0 Å². The fraction of sp³-hybridized carbons (Fsp3) is 0.500. The van der Waals surface area contributed by atoms with E-state index in [0.717, 1.165) is 23.6 Å². The van der Waals surface area contributed by atoms with Crippen LogP contribution in [0.4, 0.5) is 0 Å². The molecule has 0 aliphatic heterocycles. The highest BCUT2D eigenvalue weighted by Gasteiger charge is 2.15. The normalized spacial score (nSPS) is 12.2. The van der Waals surface area contributed by atoms with Crippen molar-refractivity contribution in [1.29, 1.82) is 0 Å². The van der Waals surface area contributed by atoms with Crippen LogP contribution < -0.4 is 14.8 Å². The first-order valence-corrected chi connectivity index (χ1v) is 5.16. The SMILES string of the molecule is CNC[C@H](OC)c1ccc(OC)cc1OC. The number of benzene rings is 1.